The molecule has 1 aromatic heterocycles. The second kappa shape index (κ2) is 10.5. The fraction of sp³-hybridized carbons (Fsp3) is 0.154. The molecule has 4 aromatic rings. The van der Waals surface area contributed by atoms with E-state index >= 15 is 0 Å². The zero-order valence-corrected chi connectivity index (χ0v) is 20.3. The van der Waals surface area contributed by atoms with Crippen LogP contribution in [0.4, 0.5) is 5.13 Å². The van der Waals surface area contributed by atoms with Gasteiger partial charge in [-0.3, -0.25) is 0 Å². The van der Waals surface area contributed by atoms with E-state index < -0.39 is 5.97 Å². The molecule has 7 heteroatoms. The summed E-state index contributed by atoms with van der Waals surface area (Å²) in [4.78, 5) is 17.8. The topological polar surface area (TPSA) is 62.7 Å². The molecule has 0 amide bonds. The Morgan fingerprint density at radius 2 is 1.82 bits per heavy atom. The zero-order valence-electron chi connectivity index (χ0n) is 17.9. The van der Waals surface area contributed by atoms with Crippen LogP contribution in [-0.2, 0) is 17.8 Å². The molecule has 0 unspecified atom stereocenters. The van der Waals surface area contributed by atoms with E-state index in [0.29, 0.717) is 12.1 Å². The smallest absolute Gasteiger partial charge is 0.382 e. The Hall–Kier alpha value is -3.34. The second-order valence-corrected chi connectivity index (χ2v) is 9.30. The number of halogens is 1. The third kappa shape index (κ3) is 6.13. The number of methoxy groups -OCH3 is 1. The second-order valence-electron chi connectivity index (χ2n) is 7.38. The van der Waals surface area contributed by atoms with Gasteiger partial charge in [0, 0.05) is 29.0 Å². The molecule has 5 nitrogen and oxygen atoms in total. The Labute approximate surface area is 204 Å². The molecule has 0 atom stereocenters. The summed E-state index contributed by atoms with van der Waals surface area (Å²) in [6, 6.07) is 21.9. The minimum atomic E-state index is -1.13. The lowest BCUT2D eigenvalue weighted by Crippen LogP contribution is -2.25. The molecule has 0 saturated heterocycles. The van der Waals surface area contributed by atoms with Gasteiger partial charge < -0.3 is 14.7 Å². The number of carboxylic acid groups (broad SMARTS) is 1. The Bertz CT molecular complexity index is 1320. The van der Waals surface area contributed by atoms with E-state index in [1.807, 2.05) is 48.5 Å². The molecule has 0 aliphatic rings. The van der Waals surface area contributed by atoms with Crippen LogP contribution < -0.4 is 9.64 Å². The fourth-order valence-electron chi connectivity index (χ4n) is 3.36. The summed E-state index contributed by atoms with van der Waals surface area (Å²) in [5, 5.41) is 9.70. The predicted octanol–water partition coefficient (Wildman–Crippen LogP) is 5.75. The maximum absolute atomic E-state index is 10.7. The zero-order chi connectivity index (χ0) is 23.2. The summed E-state index contributed by atoms with van der Waals surface area (Å²) in [5.41, 5.74) is 3.98. The van der Waals surface area contributed by atoms with Gasteiger partial charge >= 0.3 is 5.97 Å². The third-order valence-corrected chi connectivity index (χ3v) is 6.67. The summed E-state index contributed by atoms with van der Waals surface area (Å²) in [5.74, 6) is 4.51. The van der Waals surface area contributed by atoms with E-state index in [9.17, 15) is 4.79 Å². The molecular formula is C26H21BrN2O3S. The van der Waals surface area contributed by atoms with Gasteiger partial charge in [0.15, 0.2) is 5.13 Å². The third-order valence-electron chi connectivity index (χ3n) is 5.08. The Morgan fingerprint density at radius 3 is 2.52 bits per heavy atom. The largest absolute Gasteiger partial charge is 0.497 e. The van der Waals surface area contributed by atoms with Gasteiger partial charge in [0.2, 0.25) is 0 Å². The molecule has 0 saturated carbocycles. The molecule has 0 radical (unpaired) electrons. The summed E-state index contributed by atoms with van der Waals surface area (Å²) >= 11 is 5.20. The van der Waals surface area contributed by atoms with E-state index in [2.05, 4.69) is 50.9 Å². The number of hydrogen-bond donors (Lipinski definition) is 1. The quantitative estimate of drug-likeness (QED) is 0.314. The van der Waals surface area contributed by atoms with E-state index in [1.165, 1.54) is 5.56 Å². The lowest BCUT2D eigenvalue weighted by Gasteiger charge is -2.22. The van der Waals surface area contributed by atoms with Gasteiger partial charge in [-0.25, -0.2) is 9.78 Å². The number of carbonyl (C=O) groups is 1. The molecule has 0 aliphatic carbocycles. The molecule has 0 fully saturated rings. The number of rotatable bonds is 7. The highest BCUT2D eigenvalue weighted by molar-refractivity contribution is 9.10. The highest BCUT2D eigenvalue weighted by Crippen LogP contribution is 2.31. The highest BCUT2D eigenvalue weighted by Gasteiger charge is 2.14. The van der Waals surface area contributed by atoms with Gasteiger partial charge in [0.05, 0.1) is 17.3 Å². The fourth-order valence-corrected chi connectivity index (χ4v) is 4.68. The van der Waals surface area contributed by atoms with Crippen molar-refractivity contribution in [1.29, 1.82) is 0 Å². The SMILES string of the molecule is COc1ccc(CCN(Cc2ccc(C#CC(=O)O)cc2)c2nc3cc(Br)ccc3s2)cc1. The molecule has 1 heterocycles. The molecule has 0 bridgehead atoms. The van der Waals surface area contributed by atoms with Crippen LogP contribution in [0.1, 0.15) is 16.7 Å². The normalized spacial score (nSPS) is 10.5. The Morgan fingerprint density at radius 1 is 1.09 bits per heavy atom. The van der Waals surface area contributed by atoms with Crippen molar-refractivity contribution in [3.63, 3.8) is 0 Å². The van der Waals surface area contributed by atoms with Crippen molar-refractivity contribution in [2.75, 3.05) is 18.6 Å². The summed E-state index contributed by atoms with van der Waals surface area (Å²) in [6.07, 6.45) is 0.867. The minimum absolute atomic E-state index is 0.677. The average molecular weight is 521 g/mol. The van der Waals surface area contributed by atoms with Crippen LogP contribution in [0.15, 0.2) is 71.2 Å². The number of anilines is 1. The van der Waals surface area contributed by atoms with Gasteiger partial charge in [0.1, 0.15) is 5.75 Å². The van der Waals surface area contributed by atoms with Crippen LogP contribution in [-0.4, -0.2) is 29.7 Å². The monoisotopic (exact) mass is 520 g/mol. The molecule has 0 aliphatic heterocycles. The Kier molecular flexibility index (Phi) is 7.28. The number of aliphatic carboxylic acids is 1. The number of hydrogen-bond acceptors (Lipinski definition) is 5. The first kappa shape index (κ1) is 22.8. The number of aromatic nitrogens is 1. The van der Waals surface area contributed by atoms with Crippen LogP contribution in [0.25, 0.3) is 10.2 Å². The van der Waals surface area contributed by atoms with Crippen LogP contribution in [0, 0.1) is 11.8 Å². The predicted molar refractivity (Wildman–Crippen MR) is 136 cm³/mol. The Balaban J connectivity index is 1.57. The molecule has 0 spiro atoms. The molecule has 166 valence electrons. The van der Waals surface area contributed by atoms with Crippen molar-refractivity contribution in [1.82, 2.24) is 4.98 Å². The lowest BCUT2D eigenvalue weighted by molar-refractivity contribution is -0.130. The van der Waals surface area contributed by atoms with Crippen LogP contribution in [0.5, 0.6) is 5.75 Å². The first-order valence-electron chi connectivity index (χ1n) is 10.3. The maximum Gasteiger partial charge on any atom is 0.382 e. The van der Waals surface area contributed by atoms with Gasteiger partial charge in [-0.15, -0.1) is 0 Å². The van der Waals surface area contributed by atoms with Gasteiger partial charge in [-0.2, -0.15) is 0 Å². The van der Waals surface area contributed by atoms with Gasteiger partial charge in [0.25, 0.3) is 0 Å². The van der Waals surface area contributed by atoms with Crippen molar-refractivity contribution < 1.29 is 14.6 Å². The minimum Gasteiger partial charge on any atom is -0.497 e. The summed E-state index contributed by atoms with van der Waals surface area (Å²) < 4.78 is 7.41. The number of fused-ring (bicyclic) bond motifs is 1. The standard InChI is InChI=1S/C26H21BrN2O3S/c1-32-22-10-6-19(7-11-22)14-15-29(26-28-23-16-21(27)9-12-24(23)33-26)17-20-4-2-18(3-5-20)8-13-25(30)31/h2-7,9-12,16H,14-15,17H2,1H3,(H,30,31). The van der Waals surface area contributed by atoms with Crippen LogP contribution in [0.2, 0.25) is 0 Å². The van der Waals surface area contributed by atoms with Gasteiger partial charge in [-0.1, -0.05) is 57.5 Å². The van der Waals surface area contributed by atoms with Crippen molar-refractivity contribution >= 4 is 48.6 Å². The number of benzene rings is 3. The average Bonchev–Trinajstić information content (AvgIpc) is 3.24. The number of nitrogens with zero attached hydrogens (tertiary/aromatic N) is 2. The maximum atomic E-state index is 10.7. The van der Waals surface area contributed by atoms with Crippen molar-refractivity contribution in [2.45, 2.75) is 13.0 Å². The lowest BCUT2D eigenvalue weighted by atomic mass is 10.1. The van der Waals surface area contributed by atoms with Crippen molar-refractivity contribution in [2.24, 2.45) is 0 Å². The molecule has 1 N–H and O–H groups in total. The highest BCUT2D eigenvalue weighted by atomic mass is 79.9. The van der Waals surface area contributed by atoms with Crippen molar-refractivity contribution in [3.8, 4) is 17.6 Å². The van der Waals surface area contributed by atoms with E-state index in [-0.39, 0.29) is 0 Å². The molecule has 4 rings (SSSR count). The number of thiazole rings is 1. The number of ether oxygens (including phenoxy) is 1. The summed E-state index contributed by atoms with van der Waals surface area (Å²) in [7, 11) is 1.67. The van der Waals surface area contributed by atoms with E-state index in [4.69, 9.17) is 14.8 Å². The number of carboxylic acids is 1. The summed E-state index contributed by atoms with van der Waals surface area (Å²) in [6.45, 7) is 1.48. The van der Waals surface area contributed by atoms with Crippen LogP contribution in [0.3, 0.4) is 0 Å². The van der Waals surface area contributed by atoms with Crippen LogP contribution >= 0.6 is 27.3 Å². The van der Waals surface area contributed by atoms with E-state index in [1.54, 1.807) is 18.4 Å². The van der Waals surface area contributed by atoms with Gasteiger partial charge in [-0.05, 0) is 60.0 Å². The van der Waals surface area contributed by atoms with E-state index in [0.717, 1.165) is 44.1 Å². The first-order chi connectivity index (χ1) is 16.0. The molecular weight excluding hydrogens is 500 g/mol. The first-order valence-corrected chi connectivity index (χ1v) is 11.9. The molecule has 3 aromatic carbocycles. The van der Waals surface area contributed by atoms with Crippen molar-refractivity contribution in [3.05, 3.63) is 87.9 Å². The molecule has 33 heavy (non-hydrogen) atoms.